The van der Waals surface area contributed by atoms with E-state index in [4.69, 9.17) is 48.4 Å². The summed E-state index contributed by atoms with van der Waals surface area (Å²) in [5, 5.41) is 0. The zero-order chi connectivity index (χ0) is 18.2. The molecule has 0 aromatic carbocycles. The fraction of sp³-hybridized carbons (Fsp3) is 1.00. The Labute approximate surface area is 150 Å². The average Bonchev–Trinajstić information content (AvgIpc) is 2.25. The minimum absolute atomic E-state index is 1.20. The number of ether oxygens (including phenoxy) is 1. The van der Waals surface area contributed by atoms with Crippen LogP contribution in [0, 0.1) is 0 Å². The van der Waals surface area contributed by atoms with Gasteiger partial charge in [-0.2, -0.15) is 25.3 Å². The molecule has 23 heavy (non-hydrogen) atoms. The maximum atomic E-state index is 11.1. The molecule has 1 fully saturated rings. The lowest BCUT2D eigenvalue weighted by molar-refractivity contribution is -0.166. The Morgan fingerprint density at radius 1 is 0.739 bits per heavy atom. The van der Waals surface area contributed by atoms with Gasteiger partial charge in [-0.1, -0.05) is 11.6 Å². The molecule has 1 rings (SSSR count). The Morgan fingerprint density at radius 2 is 1.09 bits per heavy atom. The molecule has 0 spiro atoms. The summed E-state index contributed by atoms with van der Waals surface area (Å²) in [4.78, 5) is 0. The van der Waals surface area contributed by atoms with Crippen LogP contribution in [0.1, 0.15) is 6.92 Å². The van der Waals surface area contributed by atoms with E-state index in [1.807, 2.05) is 0 Å². The van der Waals surface area contributed by atoms with Crippen LogP contribution >= 0.6 is 43.6 Å². The Balaban J connectivity index is 3.29. The van der Waals surface area contributed by atoms with Crippen molar-refractivity contribution < 1.29 is 42.5 Å². The molecule has 0 saturated carbocycles. The van der Waals surface area contributed by atoms with Crippen molar-refractivity contribution in [2.24, 2.45) is 0 Å². The third-order valence-electron chi connectivity index (χ3n) is 2.39. The van der Waals surface area contributed by atoms with Crippen molar-refractivity contribution >= 4 is 71.6 Å². The second-order valence-corrected chi connectivity index (χ2v) is 10.8. The van der Waals surface area contributed by atoms with Gasteiger partial charge in [0.1, 0.15) is 18.3 Å². The molecule has 0 aromatic heterocycles. The minimum atomic E-state index is -4.73. The van der Waals surface area contributed by atoms with Crippen molar-refractivity contribution in [3.05, 3.63) is 0 Å². The van der Waals surface area contributed by atoms with Crippen LogP contribution in [0.5, 0.6) is 0 Å². The Bertz CT molecular complexity index is 687. The lowest BCUT2D eigenvalue weighted by atomic mass is 10.0. The number of rotatable bonds is 6. The monoisotopic (exact) mass is 476 g/mol. The molecular formula is C6H8Cl4O10S3. The molecule has 0 bridgehead atoms. The van der Waals surface area contributed by atoms with Gasteiger partial charge in [-0.15, -0.1) is 0 Å². The van der Waals surface area contributed by atoms with Crippen LogP contribution in [0.3, 0.4) is 0 Å². The SMILES string of the molecule is C[C@@H]1O[C@@H](Cl)[C@@H](OS(=O)(=O)Cl)[C@H](OS(=O)(=O)Cl)[C@H]1OS(=O)(=O)Cl. The highest BCUT2D eigenvalue weighted by molar-refractivity contribution is 8.10. The fourth-order valence-electron chi connectivity index (χ4n) is 1.70. The average molecular weight is 478 g/mol. The topological polar surface area (TPSA) is 139 Å². The molecule has 0 aromatic rings. The molecule has 138 valence electrons. The summed E-state index contributed by atoms with van der Waals surface area (Å²) in [7, 11) is 0.707. The molecule has 0 N–H and O–H groups in total. The highest BCUT2D eigenvalue weighted by Gasteiger charge is 2.51. The number of hydrogen-bond donors (Lipinski definition) is 0. The molecule has 0 amide bonds. The molecule has 0 radical (unpaired) electrons. The van der Waals surface area contributed by atoms with Gasteiger partial charge in [0.2, 0.25) is 0 Å². The van der Waals surface area contributed by atoms with Crippen molar-refractivity contribution in [1.29, 1.82) is 0 Å². The molecule has 0 unspecified atom stereocenters. The number of alkyl halides is 1. The maximum Gasteiger partial charge on any atom is 0.356 e. The molecule has 1 aliphatic rings. The first-order chi connectivity index (χ1) is 10.1. The molecule has 10 nitrogen and oxygen atoms in total. The summed E-state index contributed by atoms with van der Waals surface area (Å²) in [5.41, 5.74) is -1.60. The van der Waals surface area contributed by atoms with Crippen LogP contribution in [-0.2, 0) is 45.3 Å². The lowest BCUT2D eigenvalue weighted by Gasteiger charge is -2.40. The van der Waals surface area contributed by atoms with E-state index < -0.39 is 58.0 Å². The third-order valence-corrected chi connectivity index (χ3v) is 4.75. The van der Waals surface area contributed by atoms with Crippen molar-refractivity contribution in [3.63, 3.8) is 0 Å². The van der Waals surface area contributed by atoms with Gasteiger partial charge < -0.3 is 4.74 Å². The van der Waals surface area contributed by atoms with Crippen LogP contribution in [0.4, 0.5) is 0 Å². The standard InChI is InChI=1S/C6H8Cl4O10S3/c1-2-3(18-21(8,11)12)4(19-22(9,13)14)5(6(7)17-2)20-23(10,15)16/h2-6H,1H3/t2-,3-,4+,5-,6+/m0/s1. The Morgan fingerprint density at radius 3 is 1.48 bits per heavy atom. The fourth-order valence-corrected chi connectivity index (χ4v) is 4.37. The normalized spacial score (nSPS) is 33.5. The van der Waals surface area contributed by atoms with E-state index in [9.17, 15) is 25.3 Å². The van der Waals surface area contributed by atoms with Gasteiger partial charge in [-0.25, -0.2) is 12.5 Å². The minimum Gasteiger partial charge on any atom is -0.354 e. The van der Waals surface area contributed by atoms with Crippen molar-refractivity contribution in [2.45, 2.75) is 36.9 Å². The number of hydrogen-bond acceptors (Lipinski definition) is 10. The smallest absolute Gasteiger partial charge is 0.354 e. The van der Waals surface area contributed by atoms with Crippen LogP contribution in [0.25, 0.3) is 0 Å². The Hall–Kier alpha value is 0.850. The van der Waals surface area contributed by atoms with E-state index in [0.29, 0.717) is 0 Å². The zero-order valence-electron chi connectivity index (χ0n) is 10.7. The molecule has 5 atom stereocenters. The predicted molar refractivity (Wildman–Crippen MR) is 79.1 cm³/mol. The largest absolute Gasteiger partial charge is 0.356 e. The van der Waals surface area contributed by atoms with Gasteiger partial charge in [0.15, 0.2) is 5.56 Å². The first-order valence-corrected chi connectivity index (χ1v) is 12.4. The highest BCUT2D eigenvalue weighted by atomic mass is 35.7. The quantitative estimate of drug-likeness (QED) is 0.394. The van der Waals surface area contributed by atoms with Gasteiger partial charge in [0, 0.05) is 32.0 Å². The molecular weight excluding hydrogens is 470 g/mol. The highest BCUT2D eigenvalue weighted by Crippen LogP contribution is 2.33. The van der Waals surface area contributed by atoms with Gasteiger partial charge >= 0.3 is 28.0 Å². The lowest BCUT2D eigenvalue weighted by Crippen LogP contribution is -2.58. The number of halogens is 4. The van der Waals surface area contributed by atoms with Crippen LogP contribution in [0.2, 0.25) is 0 Å². The van der Waals surface area contributed by atoms with Crippen LogP contribution in [0.15, 0.2) is 0 Å². The summed E-state index contributed by atoms with van der Waals surface area (Å²) < 4.78 is 84.6. The predicted octanol–water partition coefficient (Wildman–Crippen LogP) is 0.576. The summed E-state index contributed by atoms with van der Waals surface area (Å²) in [6.07, 6.45) is -6.82. The van der Waals surface area contributed by atoms with Crippen molar-refractivity contribution in [2.75, 3.05) is 0 Å². The second-order valence-electron chi connectivity index (χ2n) is 4.05. The van der Waals surface area contributed by atoms with Gasteiger partial charge in [-0.3, -0.25) is 0 Å². The Kier molecular flexibility index (Phi) is 7.25. The molecule has 17 heteroatoms. The van der Waals surface area contributed by atoms with Gasteiger partial charge in [0.05, 0.1) is 6.10 Å². The summed E-state index contributed by atoms with van der Waals surface area (Å²) in [6, 6.07) is 0. The van der Waals surface area contributed by atoms with Crippen molar-refractivity contribution in [1.82, 2.24) is 0 Å². The van der Waals surface area contributed by atoms with Crippen molar-refractivity contribution in [3.8, 4) is 0 Å². The summed E-state index contributed by atoms with van der Waals surface area (Å²) >= 11 is 5.72. The summed E-state index contributed by atoms with van der Waals surface area (Å²) in [5.74, 6) is 0. The molecule has 1 heterocycles. The molecule has 1 aliphatic heterocycles. The van der Waals surface area contributed by atoms with Gasteiger partial charge in [0.25, 0.3) is 0 Å². The van der Waals surface area contributed by atoms with Crippen LogP contribution < -0.4 is 0 Å². The third kappa shape index (κ3) is 7.73. The molecule has 1 saturated heterocycles. The van der Waals surface area contributed by atoms with E-state index in [1.165, 1.54) is 6.92 Å². The first kappa shape index (κ1) is 21.9. The van der Waals surface area contributed by atoms with E-state index in [-0.39, 0.29) is 0 Å². The second kappa shape index (κ2) is 7.61. The zero-order valence-corrected chi connectivity index (χ0v) is 16.2. The maximum absolute atomic E-state index is 11.1. The van der Waals surface area contributed by atoms with Gasteiger partial charge in [-0.05, 0) is 6.92 Å². The van der Waals surface area contributed by atoms with E-state index in [1.54, 1.807) is 0 Å². The van der Waals surface area contributed by atoms with E-state index in [2.05, 4.69) is 12.5 Å². The van der Waals surface area contributed by atoms with Crippen LogP contribution in [-0.4, -0.2) is 55.2 Å². The van der Waals surface area contributed by atoms with E-state index >= 15 is 0 Å². The first-order valence-electron chi connectivity index (χ1n) is 5.27. The molecule has 0 aliphatic carbocycles. The van der Waals surface area contributed by atoms with E-state index in [0.717, 1.165) is 0 Å². The summed E-state index contributed by atoms with van der Waals surface area (Å²) in [6.45, 7) is 1.23.